The minimum atomic E-state index is -3.72. The molecular formula is C25H24N2O4S. The molecule has 0 spiro atoms. The predicted molar refractivity (Wildman–Crippen MR) is 122 cm³/mol. The SMILES string of the molecule is CC(=O)NC12Oc3ccc(NS(=O)(=O)c4ccc(C)cc4)cc3C1CCc1ccccc12. The summed E-state index contributed by atoms with van der Waals surface area (Å²) in [4.78, 5) is 12.4. The molecule has 2 N–H and O–H groups in total. The van der Waals surface area contributed by atoms with Crippen molar-refractivity contribution in [2.75, 3.05) is 4.72 Å². The van der Waals surface area contributed by atoms with E-state index in [2.05, 4.69) is 16.1 Å². The van der Waals surface area contributed by atoms with Gasteiger partial charge in [-0.3, -0.25) is 9.52 Å². The number of sulfonamides is 1. The molecule has 7 heteroatoms. The average molecular weight is 449 g/mol. The van der Waals surface area contributed by atoms with Crippen molar-refractivity contribution in [3.05, 3.63) is 89.0 Å². The molecule has 1 heterocycles. The number of hydrogen-bond donors (Lipinski definition) is 2. The number of anilines is 1. The Morgan fingerprint density at radius 3 is 2.56 bits per heavy atom. The standard InChI is InChI=1S/C25H24N2O4S/c1-16-7-11-20(12-8-16)32(29,30)27-19-10-14-24-21(15-19)23-13-9-18-5-3-4-6-22(18)25(23,31-24)26-17(2)28/h3-8,10-12,14-15,23,27H,9,13H2,1-2H3,(H,26,28). The van der Waals surface area contributed by atoms with Crippen LogP contribution in [0.25, 0.3) is 0 Å². The van der Waals surface area contributed by atoms with E-state index in [0.29, 0.717) is 11.4 Å². The van der Waals surface area contributed by atoms with Crippen molar-refractivity contribution in [2.24, 2.45) is 0 Å². The van der Waals surface area contributed by atoms with E-state index in [0.717, 1.165) is 35.1 Å². The first-order chi connectivity index (χ1) is 15.3. The van der Waals surface area contributed by atoms with Gasteiger partial charge in [0.15, 0.2) is 0 Å². The zero-order valence-corrected chi connectivity index (χ0v) is 18.7. The Morgan fingerprint density at radius 2 is 1.81 bits per heavy atom. The van der Waals surface area contributed by atoms with Gasteiger partial charge in [-0.1, -0.05) is 42.0 Å². The number of nitrogens with one attached hydrogen (secondary N) is 2. The highest BCUT2D eigenvalue weighted by molar-refractivity contribution is 7.92. The minimum Gasteiger partial charge on any atom is -0.463 e. The Balaban J connectivity index is 1.53. The van der Waals surface area contributed by atoms with Gasteiger partial charge in [0, 0.05) is 23.7 Å². The van der Waals surface area contributed by atoms with Crippen LogP contribution in [0.1, 0.15) is 41.5 Å². The summed E-state index contributed by atoms with van der Waals surface area (Å²) in [6.07, 6.45) is 1.63. The van der Waals surface area contributed by atoms with Gasteiger partial charge >= 0.3 is 0 Å². The molecule has 0 bridgehead atoms. The van der Waals surface area contributed by atoms with Crippen molar-refractivity contribution in [3.63, 3.8) is 0 Å². The van der Waals surface area contributed by atoms with Crippen LogP contribution in [0.4, 0.5) is 5.69 Å². The number of amides is 1. The van der Waals surface area contributed by atoms with Crippen molar-refractivity contribution in [1.29, 1.82) is 0 Å². The topological polar surface area (TPSA) is 84.5 Å². The van der Waals surface area contributed by atoms with Crippen LogP contribution < -0.4 is 14.8 Å². The Labute approximate surface area is 187 Å². The molecule has 6 nitrogen and oxygen atoms in total. The summed E-state index contributed by atoms with van der Waals surface area (Å²) < 4.78 is 34.8. The summed E-state index contributed by atoms with van der Waals surface area (Å²) in [6.45, 7) is 3.39. The molecule has 2 unspecified atom stereocenters. The van der Waals surface area contributed by atoms with Gasteiger partial charge in [-0.2, -0.15) is 0 Å². The van der Waals surface area contributed by atoms with Crippen molar-refractivity contribution >= 4 is 21.6 Å². The molecule has 5 rings (SSSR count). The van der Waals surface area contributed by atoms with Crippen LogP contribution >= 0.6 is 0 Å². The fraction of sp³-hybridized carbons (Fsp3) is 0.240. The summed E-state index contributed by atoms with van der Waals surface area (Å²) in [7, 11) is -3.72. The molecule has 3 aromatic carbocycles. The summed E-state index contributed by atoms with van der Waals surface area (Å²) in [5.74, 6) is 0.346. The number of fused-ring (bicyclic) bond motifs is 5. The lowest BCUT2D eigenvalue weighted by Crippen LogP contribution is -2.53. The van der Waals surface area contributed by atoms with E-state index >= 15 is 0 Å². The fourth-order valence-corrected chi connectivity index (χ4v) is 5.87. The highest BCUT2D eigenvalue weighted by Gasteiger charge is 2.53. The highest BCUT2D eigenvalue weighted by atomic mass is 32.2. The van der Waals surface area contributed by atoms with Crippen molar-refractivity contribution < 1.29 is 17.9 Å². The Bertz CT molecular complexity index is 1320. The molecule has 1 aliphatic heterocycles. The third kappa shape index (κ3) is 3.33. The second-order valence-corrected chi connectivity index (χ2v) is 10.1. The maximum absolute atomic E-state index is 12.9. The number of rotatable bonds is 4. The van der Waals surface area contributed by atoms with Crippen LogP contribution in [0.2, 0.25) is 0 Å². The number of carbonyl (C=O) groups is 1. The maximum Gasteiger partial charge on any atom is 0.261 e. The number of hydrogen-bond acceptors (Lipinski definition) is 4. The van der Waals surface area contributed by atoms with Crippen LogP contribution in [0.5, 0.6) is 5.75 Å². The van der Waals surface area contributed by atoms with E-state index < -0.39 is 15.7 Å². The molecule has 164 valence electrons. The molecule has 2 aliphatic rings. The molecule has 0 aromatic heterocycles. The third-order valence-electron chi connectivity index (χ3n) is 6.21. The van der Waals surface area contributed by atoms with Crippen LogP contribution in [0.15, 0.2) is 71.6 Å². The largest absolute Gasteiger partial charge is 0.463 e. The lowest BCUT2D eigenvalue weighted by Gasteiger charge is -2.40. The first-order valence-electron chi connectivity index (χ1n) is 10.6. The van der Waals surface area contributed by atoms with Gasteiger partial charge < -0.3 is 10.1 Å². The number of aryl methyl sites for hydroxylation is 2. The summed E-state index contributed by atoms with van der Waals surface area (Å²) in [5, 5.41) is 3.06. The molecule has 32 heavy (non-hydrogen) atoms. The van der Waals surface area contributed by atoms with Gasteiger partial charge in [0.2, 0.25) is 11.6 Å². The van der Waals surface area contributed by atoms with Crippen molar-refractivity contribution in [1.82, 2.24) is 5.32 Å². The molecule has 1 aliphatic carbocycles. The van der Waals surface area contributed by atoms with Crippen molar-refractivity contribution in [3.8, 4) is 5.75 Å². The molecule has 2 atom stereocenters. The van der Waals surface area contributed by atoms with Crippen molar-refractivity contribution in [2.45, 2.75) is 43.2 Å². The van der Waals surface area contributed by atoms with Gasteiger partial charge in [0.25, 0.3) is 10.0 Å². The zero-order chi connectivity index (χ0) is 22.5. The summed E-state index contributed by atoms with van der Waals surface area (Å²) >= 11 is 0. The van der Waals surface area contributed by atoms with E-state index in [-0.39, 0.29) is 16.7 Å². The monoisotopic (exact) mass is 448 g/mol. The fourth-order valence-electron chi connectivity index (χ4n) is 4.82. The predicted octanol–water partition coefficient (Wildman–Crippen LogP) is 4.21. The van der Waals surface area contributed by atoms with Gasteiger partial charge in [-0.15, -0.1) is 0 Å². The highest BCUT2D eigenvalue weighted by Crippen LogP contribution is 2.54. The zero-order valence-electron chi connectivity index (χ0n) is 17.9. The second kappa shape index (κ2) is 7.38. The molecule has 1 amide bonds. The molecule has 0 radical (unpaired) electrons. The van der Waals surface area contributed by atoms with E-state index in [1.54, 1.807) is 36.4 Å². The molecular weight excluding hydrogens is 424 g/mol. The molecule has 0 fully saturated rings. The Morgan fingerprint density at radius 1 is 1.06 bits per heavy atom. The van der Waals surface area contributed by atoms with Crippen LogP contribution in [-0.2, 0) is 27.0 Å². The van der Waals surface area contributed by atoms with Crippen LogP contribution in [-0.4, -0.2) is 14.3 Å². The Kier molecular flexibility index (Phi) is 4.74. The third-order valence-corrected chi connectivity index (χ3v) is 7.61. The average Bonchev–Trinajstić information content (AvgIpc) is 3.07. The molecule has 0 saturated heterocycles. The maximum atomic E-state index is 12.9. The molecule has 3 aromatic rings. The first-order valence-corrected chi connectivity index (χ1v) is 12.1. The normalized spacial score (nSPS) is 21.0. The van der Waals surface area contributed by atoms with Gasteiger partial charge in [0.05, 0.1) is 10.8 Å². The first kappa shape index (κ1) is 20.6. The van der Waals surface area contributed by atoms with E-state index in [1.165, 1.54) is 6.92 Å². The van der Waals surface area contributed by atoms with Gasteiger partial charge in [-0.25, -0.2) is 8.42 Å². The number of ether oxygens (including phenoxy) is 1. The second-order valence-electron chi connectivity index (χ2n) is 8.44. The lowest BCUT2D eigenvalue weighted by atomic mass is 9.74. The lowest BCUT2D eigenvalue weighted by molar-refractivity contribution is -0.126. The smallest absolute Gasteiger partial charge is 0.261 e. The quantitative estimate of drug-likeness (QED) is 0.626. The summed E-state index contributed by atoms with van der Waals surface area (Å²) in [6, 6.07) is 20.0. The van der Waals surface area contributed by atoms with Crippen LogP contribution in [0.3, 0.4) is 0 Å². The van der Waals surface area contributed by atoms with Gasteiger partial charge in [0.1, 0.15) is 5.75 Å². The van der Waals surface area contributed by atoms with Crippen LogP contribution in [0, 0.1) is 6.92 Å². The van der Waals surface area contributed by atoms with Gasteiger partial charge in [-0.05, 0) is 55.7 Å². The Hall–Kier alpha value is -3.32. The summed E-state index contributed by atoms with van der Waals surface area (Å²) in [5.41, 5.74) is 3.45. The molecule has 0 saturated carbocycles. The van der Waals surface area contributed by atoms with E-state index in [4.69, 9.17) is 4.74 Å². The number of carbonyl (C=O) groups excluding carboxylic acids is 1. The number of benzene rings is 3. The van der Waals surface area contributed by atoms with E-state index in [9.17, 15) is 13.2 Å². The minimum absolute atomic E-state index is 0.125. The van der Waals surface area contributed by atoms with E-state index in [1.807, 2.05) is 31.2 Å².